The molecule has 0 atom stereocenters. The Morgan fingerprint density at radius 3 is 2.10 bits per heavy atom. The molecule has 226 valence electrons. The molecular weight excluding hydrogens is 591 g/mol. The van der Waals surface area contributed by atoms with E-state index in [1.807, 2.05) is 0 Å². The average molecular weight is 617 g/mol. The highest BCUT2D eigenvalue weighted by molar-refractivity contribution is 8.45. The monoisotopic (exact) mass is 616 g/mol. The third kappa shape index (κ3) is 5.72. The molecule has 6 nitrogen and oxygen atoms in total. The number of halogens is 9. The van der Waals surface area contributed by atoms with Crippen LogP contribution < -0.4 is 0 Å². The van der Waals surface area contributed by atoms with Crippen molar-refractivity contribution in [2.75, 3.05) is 13.1 Å². The van der Waals surface area contributed by atoms with Crippen molar-refractivity contribution >= 4 is 27.3 Å². The van der Waals surface area contributed by atoms with Gasteiger partial charge in [-0.05, 0) is 68.7 Å². The molecule has 2 N–H and O–H groups in total. The number of pyridine rings is 1. The van der Waals surface area contributed by atoms with E-state index < -0.39 is 63.3 Å². The normalized spacial score (nSPS) is 24.7. The van der Waals surface area contributed by atoms with Gasteiger partial charge in [0.1, 0.15) is 22.1 Å². The number of aromatic amines is 1. The number of aliphatic hydroxyl groups is 1. The minimum Gasteiger partial charge on any atom is -0.380 e. The summed E-state index contributed by atoms with van der Waals surface area (Å²) in [6, 6.07) is 1.74. The molecule has 1 saturated carbocycles. The largest absolute Gasteiger partial charge is 0.417 e. The van der Waals surface area contributed by atoms with Gasteiger partial charge in [-0.15, -0.1) is 0 Å². The van der Waals surface area contributed by atoms with Gasteiger partial charge in [0.05, 0.1) is 6.20 Å². The van der Waals surface area contributed by atoms with Crippen LogP contribution in [0.5, 0.6) is 0 Å². The Balaban J connectivity index is 1.29. The first-order valence-corrected chi connectivity index (χ1v) is 14.7. The summed E-state index contributed by atoms with van der Waals surface area (Å²) in [7, 11) is -9.87. The van der Waals surface area contributed by atoms with Gasteiger partial charge in [-0.2, -0.15) is 13.2 Å². The molecule has 0 bridgehead atoms. The molecule has 2 aliphatic rings. The summed E-state index contributed by atoms with van der Waals surface area (Å²) in [5.74, 6) is -1.81. The maximum atomic E-state index is 15.0. The molecule has 1 amide bonds. The van der Waals surface area contributed by atoms with Crippen LogP contribution in [-0.4, -0.2) is 55.7 Å². The topological polar surface area (TPSA) is 82.1 Å². The van der Waals surface area contributed by atoms with Crippen LogP contribution in [0.25, 0.3) is 11.2 Å². The lowest BCUT2D eigenvalue weighted by Crippen LogP contribution is -2.47. The summed E-state index contributed by atoms with van der Waals surface area (Å²) in [5.41, 5.74) is -2.27. The van der Waals surface area contributed by atoms with Gasteiger partial charge in [-0.1, -0.05) is 19.4 Å². The number of fused-ring (bicyclic) bond motifs is 1. The summed E-state index contributed by atoms with van der Waals surface area (Å²) in [6.07, 6.45) is -4.20. The fourth-order valence-corrected chi connectivity index (χ4v) is 6.26. The van der Waals surface area contributed by atoms with Crippen molar-refractivity contribution in [2.45, 2.75) is 67.0 Å². The van der Waals surface area contributed by atoms with Gasteiger partial charge in [-0.3, -0.25) is 4.79 Å². The Labute approximate surface area is 227 Å². The molecule has 3 aromatic rings. The second-order valence-electron chi connectivity index (χ2n) is 10.7. The zero-order valence-electron chi connectivity index (χ0n) is 21.2. The third-order valence-corrected chi connectivity index (χ3v) is 9.15. The van der Waals surface area contributed by atoms with Crippen LogP contribution in [0.3, 0.4) is 0 Å². The molecule has 2 aromatic heterocycles. The highest BCUT2D eigenvalue weighted by atomic mass is 32.5. The molecule has 0 spiro atoms. The molecule has 16 heteroatoms. The van der Waals surface area contributed by atoms with Gasteiger partial charge in [-0.25, -0.2) is 14.4 Å². The number of hydrogen-bond acceptors (Lipinski definition) is 4. The van der Waals surface area contributed by atoms with Crippen molar-refractivity contribution in [1.82, 2.24) is 19.9 Å². The van der Waals surface area contributed by atoms with Crippen molar-refractivity contribution in [2.24, 2.45) is 0 Å². The number of carbonyl (C=O) groups excluding carboxylic acids is 1. The number of rotatable bonds is 4. The summed E-state index contributed by atoms with van der Waals surface area (Å²) in [5, 5.41) is 9.94. The van der Waals surface area contributed by atoms with Crippen LogP contribution in [-0.2, 0) is 0 Å². The molecule has 1 aromatic carbocycles. The lowest BCUT2D eigenvalue weighted by Gasteiger charge is -2.40. The maximum absolute atomic E-state index is 15.0. The van der Waals surface area contributed by atoms with Crippen LogP contribution in [0.15, 0.2) is 35.4 Å². The fraction of sp³-hybridized carbons (Fsp3) is 0.480. The molecule has 3 heterocycles. The van der Waals surface area contributed by atoms with Crippen molar-refractivity contribution in [3.8, 4) is 0 Å². The number of H-pyrrole nitrogens is 1. The molecule has 5 rings (SSSR count). The second-order valence-corrected chi connectivity index (χ2v) is 13.1. The first-order valence-electron chi connectivity index (χ1n) is 12.7. The molecule has 1 saturated heterocycles. The molecule has 1 aliphatic carbocycles. The van der Waals surface area contributed by atoms with E-state index in [-0.39, 0.29) is 73.2 Å². The van der Waals surface area contributed by atoms with Crippen molar-refractivity contribution in [3.05, 3.63) is 53.2 Å². The van der Waals surface area contributed by atoms with E-state index in [0.717, 1.165) is 6.20 Å². The quantitative estimate of drug-likeness (QED) is 0.294. The van der Waals surface area contributed by atoms with Crippen molar-refractivity contribution in [1.29, 1.82) is 0 Å². The Morgan fingerprint density at radius 1 is 0.976 bits per heavy atom. The van der Waals surface area contributed by atoms with Gasteiger partial charge in [0.15, 0.2) is 11.2 Å². The van der Waals surface area contributed by atoms with E-state index in [4.69, 9.17) is 0 Å². The van der Waals surface area contributed by atoms with Crippen LogP contribution in [0.4, 0.5) is 37.0 Å². The van der Waals surface area contributed by atoms with E-state index in [1.54, 1.807) is 0 Å². The Morgan fingerprint density at radius 2 is 1.56 bits per heavy atom. The lowest BCUT2D eigenvalue weighted by molar-refractivity contribution is -0.270. The number of hydrogen-bond donors (Lipinski definition) is 2. The van der Waals surface area contributed by atoms with Gasteiger partial charge in [0, 0.05) is 30.1 Å². The molecule has 41 heavy (non-hydrogen) atoms. The summed E-state index contributed by atoms with van der Waals surface area (Å²) in [6.45, 7) is 0.206. The minimum atomic E-state index is -9.87. The Kier molecular flexibility index (Phi) is 6.47. The van der Waals surface area contributed by atoms with Crippen LogP contribution in [0.1, 0.15) is 72.1 Å². The highest BCUT2D eigenvalue weighted by Gasteiger charge is 2.65. The number of benzene rings is 1. The minimum absolute atomic E-state index is 0.0112. The lowest BCUT2D eigenvalue weighted by atomic mass is 9.78. The van der Waals surface area contributed by atoms with Crippen LogP contribution >= 0.6 is 10.2 Å². The maximum Gasteiger partial charge on any atom is 0.417 e. The molecule has 0 radical (unpaired) electrons. The zero-order valence-corrected chi connectivity index (χ0v) is 22.0. The summed E-state index contributed by atoms with van der Waals surface area (Å²) in [4.78, 5) is 23.5. The van der Waals surface area contributed by atoms with Crippen molar-refractivity contribution < 1.29 is 46.9 Å². The zero-order chi connectivity index (χ0) is 30.1. The highest BCUT2D eigenvalue weighted by Crippen LogP contribution is 3.02. The number of alkyl halides is 3. The predicted octanol–water partition coefficient (Wildman–Crippen LogP) is 7.73. The predicted molar refractivity (Wildman–Crippen MR) is 132 cm³/mol. The molecular formula is C25H25F9N4O2S. The molecule has 2 fully saturated rings. The van der Waals surface area contributed by atoms with E-state index in [0.29, 0.717) is 18.0 Å². The van der Waals surface area contributed by atoms with Crippen LogP contribution in [0.2, 0.25) is 0 Å². The van der Waals surface area contributed by atoms with Gasteiger partial charge in [0.2, 0.25) is 0 Å². The van der Waals surface area contributed by atoms with Crippen molar-refractivity contribution in [3.63, 3.8) is 0 Å². The van der Waals surface area contributed by atoms with E-state index >= 15 is 4.39 Å². The number of imidazole rings is 1. The molecule has 1 aliphatic heterocycles. The Hall–Kier alpha value is -3.01. The SMILES string of the molecule is O=C(c1ccc(S(F)(F)(F)(F)F)cc1)N1CCC(c2c(F)cnc3[nH]c([C@H]4CC[C@@](O)(C(F)(F)F)CC4)nc23)CC1. The van der Waals surface area contributed by atoms with E-state index in [1.165, 1.54) is 4.90 Å². The first kappa shape index (κ1) is 29.5. The van der Waals surface area contributed by atoms with Gasteiger partial charge in [0.25, 0.3) is 5.91 Å². The number of aromatic nitrogens is 3. The number of piperidine rings is 1. The smallest absolute Gasteiger partial charge is 0.380 e. The second kappa shape index (κ2) is 8.99. The van der Waals surface area contributed by atoms with Gasteiger partial charge >= 0.3 is 16.4 Å². The average Bonchev–Trinajstić information content (AvgIpc) is 3.31. The van der Waals surface area contributed by atoms with Gasteiger partial charge < -0.3 is 15.0 Å². The Bertz CT molecular complexity index is 1470. The first-order chi connectivity index (χ1) is 18.8. The van der Waals surface area contributed by atoms with E-state index in [9.17, 15) is 42.5 Å². The number of likely N-dealkylation sites (tertiary alicyclic amines) is 1. The third-order valence-electron chi connectivity index (χ3n) is 7.99. The number of carbonyl (C=O) groups is 1. The standard InChI is InChI=1S/C25H25F9N4O2S/c26-18-13-35-22-20(36-21(37-22)15-5-9-24(40,10-6-15)25(27,28)29)19(18)14-7-11-38(12-8-14)23(39)16-1-3-17(4-2-16)41(30,31,32,33)34/h1-4,13-15,40H,5-12H2,(H,35,36,37)/t15-,24-. The molecule has 0 unspecified atom stereocenters. The van der Waals surface area contributed by atoms with Crippen LogP contribution in [0, 0.1) is 5.82 Å². The number of nitrogens with zero attached hydrogens (tertiary/aromatic N) is 3. The number of nitrogens with one attached hydrogen (secondary N) is 1. The van der Waals surface area contributed by atoms with E-state index in [2.05, 4.69) is 15.0 Å². The summed E-state index contributed by atoms with van der Waals surface area (Å²) < 4.78 is 119. The fourth-order valence-electron chi connectivity index (χ4n) is 5.61. The number of amides is 1. The summed E-state index contributed by atoms with van der Waals surface area (Å²) >= 11 is 0.